The molecule has 0 fully saturated rings. The number of nitrogens with zero attached hydrogens (tertiary/aromatic N) is 2. The number of allylic oxidation sites excluding steroid dienone is 2. The van der Waals surface area contributed by atoms with Crippen LogP contribution in [-0.4, -0.2) is 21.5 Å². The molecule has 0 amide bonds. The van der Waals surface area contributed by atoms with Gasteiger partial charge in [0.05, 0.1) is 11.8 Å². The second-order valence-corrected chi connectivity index (χ2v) is 3.85. The molecule has 0 aliphatic heterocycles. The zero-order chi connectivity index (χ0) is 11.5. The first-order valence-electron chi connectivity index (χ1n) is 5.24. The van der Waals surface area contributed by atoms with E-state index in [1.165, 1.54) is 18.6 Å². The fourth-order valence-electron chi connectivity index (χ4n) is 1.87. The fraction of sp³-hybridized carbons (Fsp3) is 0.333. The third kappa shape index (κ3) is 1.91. The Morgan fingerprint density at radius 1 is 1.31 bits per heavy atom. The summed E-state index contributed by atoms with van der Waals surface area (Å²) in [5.74, 6) is -0.366. The Hall–Kier alpha value is -1.84. The van der Waals surface area contributed by atoms with E-state index in [4.69, 9.17) is 0 Å². The van der Waals surface area contributed by atoms with Gasteiger partial charge in [0.25, 0.3) is 0 Å². The van der Waals surface area contributed by atoms with Gasteiger partial charge in [0.15, 0.2) is 5.78 Å². The quantitative estimate of drug-likeness (QED) is 0.558. The number of aromatic nitrogens is 2. The summed E-state index contributed by atoms with van der Waals surface area (Å²) in [5.41, 5.74) is 1.42. The maximum absolute atomic E-state index is 12.0. The predicted molar refractivity (Wildman–Crippen MR) is 57.9 cm³/mol. The maximum atomic E-state index is 12.0. The fourth-order valence-corrected chi connectivity index (χ4v) is 1.87. The van der Waals surface area contributed by atoms with Crippen LogP contribution in [0.15, 0.2) is 29.7 Å². The van der Waals surface area contributed by atoms with Crippen molar-refractivity contribution in [2.75, 3.05) is 0 Å². The van der Waals surface area contributed by atoms with Crippen LogP contribution in [-0.2, 0) is 4.79 Å². The van der Waals surface area contributed by atoms with Crippen molar-refractivity contribution in [3.8, 4) is 0 Å². The molecular formula is C12H12N2O2. The number of carbonyl (C=O) groups is 2. The Morgan fingerprint density at radius 2 is 2.12 bits per heavy atom. The van der Waals surface area contributed by atoms with Gasteiger partial charge in [-0.1, -0.05) is 5.57 Å². The van der Waals surface area contributed by atoms with Crippen molar-refractivity contribution in [2.45, 2.75) is 26.2 Å². The number of carbonyl (C=O) groups excluding carboxylic acids is 2. The zero-order valence-electron chi connectivity index (χ0n) is 9.06. The Balaban J connectivity index is 2.38. The standard InChI is InChI=1S/C12H12N2O2/c1-8-3-2-4-10(15)11(8)12(16)9-7-13-5-6-14-9/h5-7H,2-4H2,1H3. The van der Waals surface area contributed by atoms with E-state index < -0.39 is 0 Å². The molecule has 0 saturated heterocycles. The smallest absolute Gasteiger partial charge is 0.216 e. The highest BCUT2D eigenvalue weighted by Crippen LogP contribution is 2.23. The topological polar surface area (TPSA) is 59.9 Å². The first kappa shape index (κ1) is 10.7. The van der Waals surface area contributed by atoms with E-state index >= 15 is 0 Å². The van der Waals surface area contributed by atoms with Crippen molar-refractivity contribution in [2.24, 2.45) is 0 Å². The molecule has 1 aliphatic carbocycles. The Labute approximate surface area is 93.4 Å². The Kier molecular flexibility index (Phi) is 2.90. The van der Waals surface area contributed by atoms with Gasteiger partial charge >= 0.3 is 0 Å². The van der Waals surface area contributed by atoms with E-state index in [1.807, 2.05) is 6.92 Å². The van der Waals surface area contributed by atoms with Crippen LogP contribution >= 0.6 is 0 Å². The lowest BCUT2D eigenvalue weighted by Gasteiger charge is -2.14. The molecule has 16 heavy (non-hydrogen) atoms. The molecule has 0 N–H and O–H groups in total. The van der Waals surface area contributed by atoms with Crippen LogP contribution in [0.1, 0.15) is 36.7 Å². The average Bonchev–Trinajstić information content (AvgIpc) is 2.30. The third-order valence-corrected chi connectivity index (χ3v) is 2.68. The van der Waals surface area contributed by atoms with Crippen molar-refractivity contribution >= 4 is 11.6 Å². The number of ketones is 2. The minimum absolute atomic E-state index is 0.0700. The molecule has 0 radical (unpaired) electrons. The lowest BCUT2D eigenvalue weighted by Crippen LogP contribution is -2.19. The van der Waals surface area contributed by atoms with Crippen LogP contribution in [0.3, 0.4) is 0 Å². The molecule has 1 aromatic heterocycles. The van der Waals surface area contributed by atoms with Crippen molar-refractivity contribution in [3.63, 3.8) is 0 Å². The van der Waals surface area contributed by atoms with Crippen LogP contribution < -0.4 is 0 Å². The highest BCUT2D eigenvalue weighted by atomic mass is 16.1. The van der Waals surface area contributed by atoms with E-state index in [0.717, 1.165) is 18.4 Å². The SMILES string of the molecule is CC1=C(C(=O)c2cnccn2)C(=O)CCC1. The largest absolute Gasteiger partial charge is 0.294 e. The molecule has 1 aliphatic rings. The number of hydrogen-bond acceptors (Lipinski definition) is 4. The number of hydrogen-bond donors (Lipinski definition) is 0. The van der Waals surface area contributed by atoms with Gasteiger partial charge < -0.3 is 0 Å². The van der Waals surface area contributed by atoms with Crippen molar-refractivity contribution in [3.05, 3.63) is 35.4 Å². The maximum Gasteiger partial charge on any atom is 0.216 e. The Bertz CT molecular complexity index is 463. The van der Waals surface area contributed by atoms with Crippen LogP contribution in [0, 0.1) is 0 Å². The molecule has 82 valence electrons. The molecule has 0 bridgehead atoms. The summed E-state index contributed by atoms with van der Waals surface area (Å²) in [6.07, 6.45) is 6.45. The van der Waals surface area contributed by atoms with Crippen LogP contribution in [0.5, 0.6) is 0 Å². The molecule has 0 spiro atoms. The molecule has 0 atom stereocenters. The Morgan fingerprint density at radius 3 is 2.75 bits per heavy atom. The van der Waals surface area contributed by atoms with Crippen LogP contribution in [0.25, 0.3) is 0 Å². The zero-order valence-corrected chi connectivity index (χ0v) is 9.06. The molecular weight excluding hydrogens is 204 g/mol. The highest BCUT2D eigenvalue weighted by Gasteiger charge is 2.25. The first-order valence-corrected chi connectivity index (χ1v) is 5.24. The third-order valence-electron chi connectivity index (χ3n) is 2.68. The summed E-state index contributed by atoms with van der Waals surface area (Å²) in [5, 5.41) is 0. The van der Waals surface area contributed by atoms with E-state index in [0.29, 0.717) is 12.0 Å². The summed E-state index contributed by atoms with van der Waals surface area (Å²) >= 11 is 0. The summed E-state index contributed by atoms with van der Waals surface area (Å²) in [4.78, 5) is 31.5. The second kappa shape index (κ2) is 4.35. The van der Waals surface area contributed by atoms with Gasteiger partial charge in [-0.3, -0.25) is 14.6 Å². The second-order valence-electron chi connectivity index (χ2n) is 3.85. The lowest BCUT2D eigenvalue weighted by molar-refractivity contribution is -0.115. The molecule has 1 aromatic rings. The van der Waals surface area contributed by atoms with E-state index in [-0.39, 0.29) is 17.3 Å². The van der Waals surface area contributed by atoms with Gasteiger partial charge in [-0.25, -0.2) is 4.98 Å². The summed E-state index contributed by atoms with van der Waals surface area (Å²) in [7, 11) is 0. The van der Waals surface area contributed by atoms with E-state index in [1.54, 1.807) is 0 Å². The average molecular weight is 216 g/mol. The van der Waals surface area contributed by atoms with Gasteiger partial charge in [0.2, 0.25) is 5.78 Å². The minimum atomic E-state index is -0.296. The monoisotopic (exact) mass is 216 g/mol. The van der Waals surface area contributed by atoms with Gasteiger partial charge in [0, 0.05) is 18.8 Å². The van der Waals surface area contributed by atoms with Gasteiger partial charge in [-0.2, -0.15) is 0 Å². The van der Waals surface area contributed by atoms with Gasteiger partial charge in [0.1, 0.15) is 5.69 Å². The predicted octanol–water partition coefficient (Wildman–Crippen LogP) is 1.73. The lowest BCUT2D eigenvalue weighted by atomic mass is 9.88. The molecule has 0 aromatic carbocycles. The number of Topliss-reactive ketones (excluding diaryl/α,β-unsaturated/α-hetero) is 2. The molecule has 4 heteroatoms. The van der Waals surface area contributed by atoms with Crippen molar-refractivity contribution in [1.29, 1.82) is 0 Å². The summed E-state index contributed by atoms with van der Waals surface area (Å²) < 4.78 is 0. The molecule has 2 rings (SSSR count). The van der Waals surface area contributed by atoms with Crippen LogP contribution in [0.2, 0.25) is 0 Å². The van der Waals surface area contributed by atoms with Gasteiger partial charge in [-0.05, 0) is 19.8 Å². The van der Waals surface area contributed by atoms with Crippen LogP contribution in [0.4, 0.5) is 0 Å². The van der Waals surface area contributed by atoms with Gasteiger partial charge in [-0.15, -0.1) is 0 Å². The van der Waals surface area contributed by atoms with E-state index in [2.05, 4.69) is 9.97 Å². The minimum Gasteiger partial charge on any atom is -0.294 e. The summed E-state index contributed by atoms with van der Waals surface area (Å²) in [6.45, 7) is 1.83. The normalized spacial score (nSPS) is 16.4. The van der Waals surface area contributed by atoms with Crippen molar-refractivity contribution in [1.82, 2.24) is 9.97 Å². The molecule has 4 nitrogen and oxygen atoms in total. The molecule has 1 heterocycles. The molecule has 0 unspecified atom stereocenters. The summed E-state index contributed by atoms with van der Waals surface area (Å²) in [6, 6.07) is 0. The molecule has 0 saturated carbocycles. The van der Waals surface area contributed by atoms with E-state index in [9.17, 15) is 9.59 Å². The van der Waals surface area contributed by atoms with Crippen molar-refractivity contribution < 1.29 is 9.59 Å². The number of rotatable bonds is 2. The highest BCUT2D eigenvalue weighted by molar-refractivity contribution is 6.26. The first-order chi connectivity index (χ1) is 7.70.